The number of carbonyl (C=O) groups excluding carboxylic acids is 2. The summed E-state index contributed by atoms with van der Waals surface area (Å²) in [4.78, 5) is 28.2. The largest absolute Gasteiger partial charge is 0.497 e. The average molecular weight is 544 g/mol. The van der Waals surface area contributed by atoms with Crippen LogP contribution in [0.1, 0.15) is 62.1 Å². The highest BCUT2D eigenvalue weighted by molar-refractivity contribution is 7.92. The Hall–Kier alpha value is -3.07. The molecule has 0 radical (unpaired) electrons. The maximum absolute atomic E-state index is 13.5. The number of anilines is 1. The van der Waals surface area contributed by atoms with Crippen LogP contribution in [0, 0.1) is 13.8 Å². The van der Waals surface area contributed by atoms with Crippen LogP contribution in [-0.4, -0.2) is 57.1 Å². The van der Waals surface area contributed by atoms with Gasteiger partial charge in [0.2, 0.25) is 21.8 Å². The summed E-state index contributed by atoms with van der Waals surface area (Å²) in [5, 5.41) is 3.10. The van der Waals surface area contributed by atoms with Crippen molar-refractivity contribution < 1.29 is 22.7 Å². The van der Waals surface area contributed by atoms with Crippen LogP contribution in [0.5, 0.6) is 5.75 Å². The van der Waals surface area contributed by atoms with Crippen LogP contribution in [0.3, 0.4) is 0 Å². The Kier molecular flexibility index (Phi) is 10.2. The van der Waals surface area contributed by atoms with Crippen molar-refractivity contribution in [3.8, 4) is 5.75 Å². The SMILES string of the molecule is COc1cccc(CN(C(=O)CCCN(c2cccc(C)c2C)S(C)(=O)=O)[C@H](C)C(=O)NC2CCCC2)c1. The highest BCUT2D eigenvalue weighted by atomic mass is 32.2. The van der Waals surface area contributed by atoms with Crippen molar-refractivity contribution >= 4 is 27.5 Å². The van der Waals surface area contributed by atoms with Gasteiger partial charge in [0.1, 0.15) is 11.8 Å². The number of carbonyl (C=O) groups is 2. The average Bonchev–Trinajstić information content (AvgIpc) is 3.39. The number of hydrogen-bond donors (Lipinski definition) is 1. The summed E-state index contributed by atoms with van der Waals surface area (Å²) in [5.41, 5.74) is 3.36. The predicted molar refractivity (Wildman–Crippen MR) is 151 cm³/mol. The third-order valence-corrected chi connectivity index (χ3v) is 8.53. The second kappa shape index (κ2) is 13.1. The van der Waals surface area contributed by atoms with Gasteiger partial charge in [-0.05, 0) is 74.9 Å². The fourth-order valence-electron chi connectivity index (χ4n) is 4.93. The number of sulfonamides is 1. The summed E-state index contributed by atoms with van der Waals surface area (Å²) in [6.07, 6.45) is 5.74. The molecular formula is C29H41N3O5S. The van der Waals surface area contributed by atoms with Crippen molar-refractivity contribution in [2.45, 2.75) is 77.9 Å². The quantitative estimate of drug-likeness (QED) is 0.430. The smallest absolute Gasteiger partial charge is 0.242 e. The molecule has 8 nitrogen and oxygen atoms in total. The Labute approximate surface area is 227 Å². The maximum atomic E-state index is 13.5. The predicted octanol–water partition coefficient (Wildman–Crippen LogP) is 4.33. The highest BCUT2D eigenvalue weighted by Gasteiger charge is 2.29. The summed E-state index contributed by atoms with van der Waals surface area (Å²) in [6.45, 7) is 6.01. The Morgan fingerprint density at radius 3 is 2.45 bits per heavy atom. The molecule has 0 bridgehead atoms. The molecule has 1 aliphatic carbocycles. The fraction of sp³-hybridized carbons (Fsp3) is 0.517. The maximum Gasteiger partial charge on any atom is 0.242 e. The number of nitrogens with one attached hydrogen (secondary N) is 1. The van der Waals surface area contributed by atoms with Crippen LogP contribution < -0.4 is 14.4 Å². The van der Waals surface area contributed by atoms with Crippen molar-refractivity contribution in [3.63, 3.8) is 0 Å². The van der Waals surface area contributed by atoms with Crippen LogP contribution in [0.15, 0.2) is 42.5 Å². The zero-order chi connectivity index (χ0) is 27.9. The van der Waals surface area contributed by atoms with Gasteiger partial charge in [0.15, 0.2) is 0 Å². The van der Waals surface area contributed by atoms with Gasteiger partial charge in [-0.1, -0.05) is 37.1 Å². The third kappa shape index (κ3) is 7.72. The standard InChI is InChI=1S/C29H41N3O5S/c1-21-11-8-16-27(22(21)2)32(38(5,35)36)18-10-17-28(33)31(20-24-12-9-15-26(19-24)37-4)23(3)29(34)30-25-13-6-7-14-25/h8-9,11-12,15-16,19,23,25H,6-7,10,13-14,17-18,20H2,1-5H3,(H,30,34)/t23-/m1/s1. The second-order valence-electron chi connectivity index (χ2n) is 10.2. The summed E-state index contributed by atoms with van der Waals surface area (Å²) in [7, 11) is -1.96. The normalized spacial score (nSPS) is 14.7. The molecule has 0 spiro atoms. The van der Waals surface area contributed by atoms with E-state index in [4.69, 9.17) is 4.74 Å². The first kappa shape index (κ1) is 29.5. The molecule has 38 heavy (non-hydrogen) atoms. The summed E-state index contributed by atoms with van der Waals surface area (Å²) < 4.78 is 32.0. The molecule has 0 saturated heterocycles. The monoisotopic (exact) mass is 543 g/mol. The van der Waals surface area contributed by atoms with Crippen LogP contribution >= 0.6 is 0 Å². The van der Waals surface area contributed by atoms with Crippen LogP contribution in [-0.2, 0) is 26.2 Å². The lowest BCUT2D eigenvalue weighted by atomic mass is 10.1. The lowest BCUT2D eigenvalue weighted by Gasteiger charge is -2.30. The summed E-state index contributed by atoms with van der Waals surface area (Å²) in [6, 6.07) is 12.5. The Balaban J connectivity index is 1.75. The molecule has 3 rings (SSSR count). The molecule has 1 atom stereocenters. The minimum absolute atomic E-state index is 0.113. The van der Waals surface area contributed by atoms with Gasteiger partial charge in [-0.15, -0.1) is 0 Å². The number of ether oxygens (including phenoxy) is 1. The van der Waals surface area contributed by atoms with Gasteiger partial charge in [0.05, 0.1) is 19.1 Å². The Morgan fingerprint density at radius 1 is 1.11 bits per heavy atom. The number of methoxy groups -OCH3 is 1. The van der Waals surface area contributed by atoms with E-state index in [1.807, 2.05) is 50.2 Å². The molecule has 0 aromatic heterocycles. The Bertz CT molecular complexity index is 1220. The van der Waals surface area contributed by atoms with Gasteiger partial charge < -0.3 is 15.0 Å². The zero-order valence-corrected chi connectivity index (χ0v) is 24.0. The molecule has 2 amide bonds. The van der Waals surface area contributed by atoms with Gasteiger partial charge in [-0.25, -0.2) is 8.42 Å². The minimum Gasteiger partial charge on any atom is -0.497 e. The van der Waals surface area contributed by atoms with Crippen LogP contribution in [0.4, 0.5) is 5.69 Å². The van der Waals surface area contributed by atoms with E-state index in [0.717, 1.165) is 42.4 Å². The van der Waals surface area contributed by atoms with Gasteiger partial charge in [-0.3, -0.25) is 13.9 Å². The number of hydrogen-bond acceptors (Lipinski definition) is 5. The zero-order valence-electron chi connectivity index (χ0n) is 23.2. The van der Waals surface area contributed by atoms with Crippen molar-refractivity contribution in [1.29, 1.82) is 0 Å². The molecular weight excluding hydrogens is 502 g/mol. The van der Waals surface area contributed by atoms with Crippen LogP contribution in [0.2, 0.25) is 0 Å². The van der Waals surface area contributed by atoms with Gasteiger partial charge in [0.25, 0.3) is 0 Å². The lowest BCUT2D eigenvalue weighted by molar-refractivity contribution is -0.141. The van der Waals surface area contributed by atoms with E-state index < -0.39 is 16.1 Å². The minimum atomic E-state index is -3.54. The van der Waals surface area contributed by atoms with Crippen molar-refractivity contribution in [2.24, 2.45) is 0 Å². The number of benzene rings is 2. The topological polar surface area (TPSA) is 96.0 Å². The van der Waals surface area contributed by atoms with Gasteiger partial charge >= 0.3 is 0 Å². The van der Waals surface area contributed by atoms with E-state index in [9.17, 15) is 18.0 Å². The van der Waals surface area contributed by atoms with Crippen molar-refractivity contribution in [3.05, 3.63) is 59.2 Å². The van der Waals surface area contributed by atoms with Crippen LogP contribution in [0.25, 0.3) is 0 Å². The molecule has 0 aliphatic heterocycles. The fourth-order valence-corrected chi connectivity index (χ4v) is 5.95. The van der Waals surface area contributed by atoms with E-state index in [1.54, 1.807) is 25.0 Å². The lowest BCUT2D eigenvalue weighted by Crippen LogP contribution is -2.49. The third-order valence-electron chi connectivity index (χ3n) is 7.35. The Morgan fingerprint density at radius 2 is 1.79 bits per heavy atom. The van der Waals surface area contributed by atoms with E-state index in [0.29, 0.717) is 17.9 Å². The van der Waals surface area contributed by atoms with E-state index in [2.05, 4.69) is 5.32 Å². The van der Waals surface area contributed by atoms with Gasteiger partial charge in [-0.2, -0.15) is 0 Å². The molecule has 208 valence electrons. The first-order valence-electron chi connectivity index (χ1n) is 13.3. The number of aryl methyl sites for hydroxylation is 1. The molecule has 0 unspecified atom stereocenters. The first-order chi connectivity index (χ1) is 18.0. The molecule has 2 aromatic carbocycles. The summed E-state index contributed by atoms with van der Waals surface area (Å²) >= 11 is 0. The van der Waals surface area contributed by atoms with Crippen molar-refractivity contribution in [2.75, 3.05) is 24.2 Å². The van der Waals surface area contributed by atoms with E-state index in [-0.39, 0.29) is 37.4 Å². The first-order valence-corrected chi connectivity index (χ1v) is 15.1. The molecule has 2 aromatic rings. The summed E-state index contributed by atoms with van der Waals surface area (Å²) in [5.74, 6) is 0.313. The number of amides is 2. The van der Waals surface area contributed by atoms with Gasteiger partial charge in [0, 0.05) is 25.6 Å². The van der Waals surface area contributed by atoms with Crippen molar-refractivity contribution in [1.82, 2.24) is 10.2 Å². The molecule has 0 heterocycles. The number of nitrogens with zero attached hydrogens (tertiary/aromatic N) is 2. The molecule has 1 N–H and O–H groups in total. The molecule has 1 aliphatic rings. The highest BCUT2D eigenvalue weighted by Crippen LogP contribution is 2.26. The second-order valence-corrected chi connectivity index (χ2v) is 12.1. The molecule has 1 saturated carbocycles. The number of rotatable bonds is 12. The van der Waals surface area contributed by atoms with E-state index >= 15 is 0 Å². The van der Waals surface area contributed by atoms with E-state index in [1.165, 1.54) is 10.6 Å². The molecule has 9 heteroatoms. The molecule has 1 fully saturated rings.